The quantitative estimate of drug-likeness (QED) is 0.0375. The Bertz CT molecular complexity index is 1220. The van der Waals surface area contributed by atoms with Gasteiger partial charge in [0.05, 0.1) is 6.61 Å². The van der Waals surface area contributed by atoms with Gasteiger partial charge in [0.2, 0.25) is 0 Å². The fraction of sp³-hybridized carbons (Fsp3) is 0.690. The molecule has 0 amide bonds. The molecule has 0 saturated carbocycles. The molecule has 1 atom stereocenters. The fourth-order valence-electron chi connectivity index (χ4n) is 7.22. The van der Waals surface area contributed by atoms with Crippen molar-refractivity contribution in [2.45, 2.75) is 245 Å². The molecule has 63 heavy (non-hydrogen) atoms. The monoisotopic (exact) mass is 875 g/mol. The zero-order chi connectivity index (χ0) is 45.6. The number of carbonyl (C=O) groups excluding carboxylic acids is 2. The van der Waals surface area contributed by atoms with Crippen molar-refractivity contribution in [1.82, 2.24) is 0 Å². The highest BCUT2D eigenvalue weighted by molar-refractivity contribution is 5.70. The second-order valence-corrected chi connectivity index (χ2v) is 17.2. The average molecular weight is 875 g/mol. The number of hydrogen-bond acceptors (Lipinski definition) is 5. The van der Waals surface area contributed by atoms with E-state index in [2.05, 4.69) is 111 Å². The van der Waals surface area contributed by atoms with E-state index in [1.807, 2.05) is 0 Å². The Kier molecular flexibility index (Phi) is 50.5. The molecule has 0 radical (unpaired) electrons. The van der Waals surface area contributed by atoms with Crippen molar-refractivity contribution < 1.29 is 24.2 Å². The molecule has 5 heteroatoms. The van der Waals surface area contributed by atoms with Crippen molar-refractivity contribution in [2.24, 2.45) is 0 Å². The summed E-state index contributed by atoms with van der Waals surface area (Å²) in [5.74, 6) is -0.598. The van der Waals surface area contributed by atoms with E-state index in [0.29, 0.717) is 12.8 Å². The molecule has 0 spiro atoms. The predicted octanol–water partition coefficient (Wildman–Crippen LogP) is 17.6. The van der Waals surface area contributed by atoms with Gasteiger partial charge in [-0.05, 0) is 77.0 Å². The highest BCUT2D eigenvalue weighted by atomic mass is 16.6. The number of aliphatic hydroxyl groups excluding tert-OH is 1. The molecular formula is C58H98O5. The van der Waals surface area contributed by atoms with E-state index in [-0.39, 0.29) is 25.2 Å². The van der Waals surface area contributed by atoms with Crippen molar-refractivity contribution >= 4 is 11.9 Å². The molecule has 0 aromatic rings. The van der Waals surface area contributed by atoms with Crippen LogP contribution in [-0.2, 0) is 19.1 Å². The van der Waals surface area contributed by atoms with E-state index in [1.54, 1.807) is 0 Å². The molecule has 1 N–H and O–H groups in total. The van der Waals surface area contributed by atoms with Crippen LogP contribution in [0, 0.1) is 0 Å². The molecule has 0 aliphatic carbocycles. The number of hydrogen-bond donors (Lipinski definition) is 1. The van der Waals surface area contributed by atoms with Crippen LogP contribution in [0.4, 0.5) is 0 Å². The van der Waals surface area contributed by atoms with Crippen molar-refractivity contribution in [3.05, 3.63) is 97.2 Å². The molecule has 360 valence electrons. The molecule has 0 fully saturated rings. The fourth-order valence-corrected chi connectivity index (χ4v) is 7.22. The van der Waals surface area contributed by atoms with E-state index in [4.69, 9.17) is 9.47 Å². The summed E-state index contributed by atoms with van der Waals surface area (Å²) in [5.41, 5.74) is 0. The predicted molar refractivity (Wildman–Crippen MR) is 274 cm³/mol. The Morgan fingerprint density at radius 3 is 1.03 bits per heavy atom. The van der Waals surface area contributed by atoms with Gasteiger partial charge in [-0.1, -0.05) is 246 Å². The van der Waals surface area contributed by atoms with Crippen molar-refractivity contribution in [1.29, 1.82) is 0 Å². The first-order valence-corrected chi connectivity index (χ1v) is 26.3. The van der Waals surface area contributed by atoms with E-state index >= 15 is 0 Å². The summed E-state index contributed by atoms with van der Waals surface area (Å²) >= 11 is 0. The standard InChI is InChI=1S/C58H98O5/c1-3-5-7-9-11-13-15-17-19-21-22-23-24-25-26-27-28-29-30-31-32-33-34-35-36-37-39-41-43-45-47-49-51-53-58(61)63-56(54-59)55-62-57(60)52-50-48-46-44-42-40-38-20-18-16-14-12-10-8-6-4-2/h5,7,11,13,17,19,22-23,25-26,28-29,31-32,34-35,56,59H,3-4,6,8-10,12,14-16,18,20-21,24,27,30,33,36-55H2,1-2H3/b7-5-,13-11-,19-17-,23-22-,26-25-,29-28-,32-31-,35-34-. The molecule has 1 unspecified atom stereocenters. The Morgan fingerprint density at radius 2 is 0.683 bits per heavy atom. The molecule has 0 aromatic heterocycles. The largest absolute Gasteiger partial charge is 0.462 e. The number of carbonyl (C=O) groups is 2. The number of rotatable bonds is 47. The van der Waals surface area contributed by atoms with E-state index in [9.17, 15) is 14.7 Å². The van der Waals surface area contributed by atoms with Crippen LogP contribution in [0.15, 0.2) is 97.2 Å². The molecule has 0 heterocycles. The van der Waals surface area contributed by atoms with Gasteiger partial charge in [0.1, 0.15) is 6.61 Å². The van der Waals surface area contributed by atoms with Crippen LogP contribution in [0.2, 0.25) is 0 Å². The van der Waals surface area contributed by atoms with Crippen LogP contribution in [0.3, 0.4) is 0 Å². The Morgan fingerprint density at radius 1 is 0.381 bits per heavy atom. The van der Waals surface area contributed by atoms with Gasteiger partial charge in [-0.2, -0.15) is 0 Å². The lowest BCUT2D eigenvalue weighted by atomic mass is 10.0. The second kappa shape index (κ2) is 53.2. The molecule has 0 bridgehead atoms. The van der Waals surface area contributed by atoms with Crippen molar-refractivity contribution in [2.75, 3.05) is 13.2 Å². The number of unbranched alkanes of at least 4 members (excludes halogenated alkanes) is 23. The van der Waals surface area contributed by atoms with Gasteiger partial charge in [0.15, 0.2) is 6.10 Å². The maximum absolute atomic E-state index is 12.3. The van der Waals surface area contributed by atoms with E-state index < -0.39 is 6.10 Å². The Balaban J connectivity index is 3.58. The summed E-state index contributed by atoms with van der Waals surface area (Å²) in [5, 5.41) is 9.62. The van der Waals surface area contributed by atoms with Crippen LogP contribution in [0.1, 0.15) is 239 Å². The average Bonchev–Trinajstić information content (AvgIpc) is 3.29. The maximum atomic E-state index is 12.3. The summed E-state index contributed by atoms with van der Waals surface area (Å²) in [7, 11) is 0. The van der Waals surface area contributed by atoms with Gasteiger partial charge in [-0.25, -0.2) is 0 Å². The minimum atomic E-state index is -0.780. The van der Waals surface area contributed by atoms with Crippen LogP contribution < -0.4 is 0 Å². The smallest absolute Gasteiger partial charge is 0.306 e. The molecule has 0 aromatic carbocycles. The van der Waals surface area contributed by atoms with E-state index in [0.717, 1.165) is 96.3 Å². The molecule has 0 saturated heterocycles. The summed E-state index contributed by atoms with van der Waals surface area (Å²) in [6.07, 6.45) is 75.0. The molecule has 0 aliphatic heterocycles. The van der Waals surface area contributed by atoms with E-state index in [1.165, 1.54) is 116 Å². The van der Waals surface area contributed by atoms with Crippen molar-refractivity contribution in [3.63, 3.8) is 0 Å². The lowest BCUT2D eigenvalue weighted by molar-refractivity contribution is -0.161. The third-order valence-corrected chi connectivity index (χ3v) is 11.1. The lowest BCUT2D eigenvalue weighted by Gasteiger charge is -2.15. The lowest BCUT2D eigenvalue weighted by Crippen LogP contribution is -2.28. The first-order valence-electron chi connectivity index (χ1n) is 26.3. The zero-order valence-electron chi connectivity index (χ0n) is 41.1. The summed E-state index contributed by atoms with van der Waals surface area (Å²) in [6, 6.07) is 0. The zero-order valence-corrected chi connectivity index (χ0v) is 41.1. The van der Waals surface area contributed by atoms with Gasteiger partial charge >= 0.3 is 11.9 Å². The topological polar surface area (TPSA) is 72.8 Å². The van der Waals surface area contributed by atoms with Crippen LogP contribution in [0.25, 0.3) is 0 Å². The summed E-state index contributed by atoms with van der Waals surface area (Å²) < 4.78 is 10.7. The maximum Gasteiger partial charge on any atom is 0.306 e. The van der Waals surface area contributed by atoms with Gasteiger partial charge < -0.3 is 14.6 Å². The highest BCUT2D eigenvalue weighted by Gasteiger charge is 2.16. The SMILES string of the molecule is CC/C=C\C/C=C\C/C=C\C/C=C\C/C=C\C/C=C\C/C=C\C/C=C\CCCCCCCCCCC(=O)OC(CO)COC(=O)CCCCCCCCCCCCCCCCCC. The first kappa shape index (κ1) is 59.8. The third-order valence-electron chi connectivity index (χ3n) is 11.1. The second-order valence-electron chi connectivity index (χ2n) is 17.2. The van der Waals surface area contributed by atoms with Crippen LogP contribution >= 0.6 is 0 Å². The third kappa shape index (κ3) is 51.3. The Labute approximate surface area is 389 Å². The molecule has 0 rings (SSSR count). The van der Waals surface area contributed by atoms with Gasteiger partial charge in [-0.3, -0.25) is 9.59 Å². The molecule has 5 nitrogen and oxygen atoms in total. The Hall–Kier alpha value is -3.18. The van der Waals surface area contributed by atoms with Crippen LogP contribution in [-0.4, -0.2) is 36.4 Å². The summed E-state index contributed by atoms with van der Waals surface area (Å²) in [4.78, 5) is 24.4. The molecule has 0 aliphatic rings. The van der Waals surface area contributed by atoms with Gasteiger partial charge in [0, 0.05) is 12.8 Å². The highest BCUT2D eigenvalue weighted by Crippen LogP contribution is 2.15. The number of allylic oxidation sites excluding steroid dienone is 16. The van der Waals surface area contributed by atoms with Gasteiger partial charge in [-0.15, -0.1) is 0 Å². The number of ether oxygens (including phenoxy) is 2. The minimum absolute atomic E-state index is 0.0709. The van der Waals surface area contributed by atoms with Crippen molar-refractivity contribution in [3.8, 4) is 0 Å². The molecular weight excluding hydrogens is 777 g/mol. The number of aliphatic hydroxyl groups is 1. The number of esters is 2. The minimum Gasteiger partial charge on any atom is -0.462 e. The van der Waals surface area contributed by atoms with Gasteiger partial charge in [0.25, 0.3) is 0 Å². The first-order chi connectivity index (χ1) is 31.1. The normalized spacial score (nSPS) is 13.0. The summed E-state index contributed by atoms with van der Waals surface area (Å²) in [6.45, 7) is 4.03. The van der Waals surface area contributed by atoms with Crippen LogP contribution in [0.5, 0.6) is 0 Å².